The van der Waals surface area contributed by atoms with Crippen molar-refractivity contribution >= 4 is 16.1 Å². The largest absolute Gasteiger partial charge is 0.743 e. The van der Waals surface area contributed by atoms with Crippen LogP contribution in [0.15, 0.2) is 0 Å². The predicted molar refractivity (Wildman–Crippen MR) is 54.3 cm³/mol. The minimum Gasteiger partial charge on any atom is -0.743 e. The smallest absolute Gasteiger partial charge is 0.428 e. The molecule has 0 amide bonds. The van der Waals surface area contributed by atoms with Gasteiger partial charge in [0.1, 0.15) is 6.61 Å². The van der Waals surface area contributed by atoms with Crippen LogP contribution >= 0.6 is 0 Å². The molecule has 0 aromatic heterocycles. The quantitative estimate of drug-likeness (QED) is 0.300. The third-order valence-electron chi connectivity index (χ3n) is 1.62. The van der Waals surface area contributed by atoms with E-state index >= 15 is 0 Å². The minimum atomic E-state index is -6.10. The molecule has 0 bridgehead atoms. The molecule has 0 fully saturated rings. The van der Waals surface area contributed by atoms with Crippen molar-refractivity contribution in [2.24, 2.45) is 0 Å². The Hall–Kier alpha value is -0.880. The van der Waals surface area contributed by atoms with Crippen LogP contribution in [0.3, 0.4) is 0 Å². The van der Waals surface area contributed by atoms with Crippen LogP contribution in [-0.4, -0.2) is 68.9 Å². The van der Waals surface area contributed by atoms with Gasteiger partial charge >= 0.3 is 11.2 Å². The molecule has 0 aliphatic heterocycles. The summed E-state index contributed by atoms with van der Waals surface area (Å²) in [7, 11) is -6.10. The molecule has 11 heteroatoms. The fourth-order valence-electron chi connectivity index (χ4n) is 0.766. The van der Waals surface area contributed by atoms with Gasteiger partial charge in [-0.2, -0.15) is 8.78 Å². The first-order valence-electron chi connectivity index (χ1n) is 5.00. The highest BCUT2D eigenvalue weighted by Crippen LogP contribution is 2.21. The van der Waals surface area contributed by atoms with Gasteiger partial charge < -0.3 is 23.9 Å². The van der Waals surface area contributed by atoms with Gasteiger partial charge in [-0.15, -0.1) is 0 Å². The molecule has 0 unspecified atom stereocenters. The molecule has 0 heterocycles. The number of hydrogen-bond donors (Lipinski definition) is 1. The molecule has 0 saturated heterocycles. The minimum absolute atomic E-state index is 0.0633. The molecular formula is C8H13F2O8S-. The Balaban J connectivity index is 3.76. The molecule has 114 valence electrons. The van der Waals surface area contributed by atoms with Crippen molar-refractivity contribution in [1.29, 1.82) is 0 Å². The molecule has 0 aliphatic carbocycles. The average molecular weight is 307 g/mol. The van der Waals surface area contributed by atoms with Gasteiger partial charge in [-0.05, 0) is 0 Å². The number of hydrogen-bond acceptors (Lipinski definition) is 8. The molecule has 0 rings (SSSR count). The summed E-state index contributed by atoms with van der Waals surface area (Å²) in [6.07, 6.45) is 0. The van der Waals surface area contributed by atoms with Gasteiger partial charge in [0.25, 0.3) is 0 Å². The van der Waals surface area contributed by atoms with E-state index in [1.165, 1.54) is 0 Å². The van der Waals surface area contributed by atoms with Gasteiger partial charge in [0.15, 0.2) is 10.1 Å². The summed E-state index contributed by atoms with van der Waals surface area (Å²) in [6.45, 7) is -0.747. The molecule has 0 aromatic rings. The Kier molecular flexibility index (Phi) is 7.94. The van der Waals surface area contributed by atoms with Crippen LogP contribution in [0, 0.1) is 0 Å². The highest BCUT2D eigenvalue weighted by molar-refractivity contribution is 7.87. The number of carbonyl (C=O) groups is 1. The van der Waals surface area contributed by atoms with Crippen molar-refractivity contribution in [1.82, 2.24) is 0 Å². The van der Waals surface area contributed by atoms with E-state index in [0.717, 1.165) is 0 Å². The Bertz CT molecular complexity index is 369. The zero-order valence-electron chi connectivity index (χ0n) is 9.71. The van der Waals surface area contributed by atoms with E-state index in [0.29, 0.717) is 0 Å². The average Bonchev–Trinajstić information content (AvgIpc) is 2.30. The number of alkyl halides is 2. The topological polar surface area (TPSA) is 122 Å². The second kappa shape index (κ2) is 8.32. The molecular weight excluding hydrogens is 294 g/mol. The highest BCUT2D eigenvalue weighted by Gasteiger charge is 2.48. The summed E-state index contributed by atoms with van der Waals surface area (Å²) in [6, 6.07) is 0. The Morgan fingerprint density at radius 1 is 1.11 bits per heavy atom. The Morgan fingerprint density at radius 2 is 1.58 bits per heavy atom. The first-order valence-corrected chi connectivity index (χ1v) is 6.41. The van der Waals surface area contributed by atoms with Crippen molar-refractivity contribution in [2.75, 3.05) is 39.6 Å². The van der Waals surface area contributed by atoms with Crippen LogP contribution in [0.25, 0.3) is 0 Å². The maximum atomic E-state index is 12.6. The van der Waals surface area contributed by atoms with Crippen LogP contribution in [0.2, 0.25) is 0 Å². The second-order valence-corrected chi connectivity index (χ2v) is 4.48. The first-order chi connectivity index (χ1) is 8.73. The van der Waals surface area contributed by atoms with Crippen molar-refractivity contribution in [3.8, 4) is 0 Å². The lowest BCUT2D eigenvalue weighted by molar-refractivity contribution is -0.163. The number of rotatable bonds is 10. The maximum Gasteiger partial charge on any atom is 0.428 e. The highest BCUT2D eigenvalue weighted by atomic mass is 32.2. The monoisotopic (exact) mass is 307 g/mol. The third-order valence-corrected chi connectivity index (χ3v) is 2.41. The van der Waals surface area contributed by atoms with Gasteiger partial charge in [-0.3, -0.25) is 0 Å². The molecule has 1 N–H and O–H groups in total. The van der Waals surface area contributed by atoms with E-state index in [2.05, 4.69) is 4.74 Å². The number of aliphatic hydroxyl groups is 1. The molecule has 0 aromatic carbocycles. The van der Waals surface area contributed by atoms with Crippen LogP contribution in [0.5, 0.6) is 0 Å². The molecule has 0 saturated carbocycles. The maximum absolute atomic E-state index is 12.6. The summed E-state index contributed by atoms with van der Waals surface area (Å²) < 4.78 is 68.8. The third kappa shape index (κ3) is 6.73. The van der Waals surface area contributed by atoms with E-state index in [-0.39, 0.29) is 33.0 Å². The van der Waals surface area contributed by atoms with E-state index < -0.39 is 27.9 Å². The number of carbonyl (C=O) groups excluding carboxylic acids is 1. The van der Waals surface area contributed by atoms with E-state index in [1.807, 2.05) is 0 Å². The van der Waals surface area contributed by atoms with Gasteiger partial charge in [-0.1, -0.05) is 0 Å². The van der Waals surface area contributed by atoms with Crippen molar-refractivity contribution < 1.29 is 45.9 Å². The summed E-state index contributed by atoms with van der Waals surface area (Å²) in [5.74, 6) is -2.44. The number of halogens is 2. The van der Waals surface area contributed by atoms with Gasteiger partial charge in [0.05, 0.1) is 33.0 Å². The lowest BCUT2D eigenvalue weighted by Gasteiger charge is -2.17. The van der Waals surface area contributed by atoms with E-state index in [1.54, 1.807) is 0 Å². The molecule has 0 radical (unpaired) electrons. The Morgan fingerprint density at radius 3 is 2.05 bits per heavy atom. The molecule has 19 heavy (non-hydrogen) atoms. The lowest BCUT2D eigenvalue weighted by Crippen LogP contribution is -2.39. The summed E-state index contributed by atoms with van der Waals surface area (Å²) in [4.78, 5) is 10.6. The zero-order valence-corrected chi connectivity index (χ0v) is 10.5. The molecule has 0 spiro atoms. The van der Waals surface area contributed by atoms with E-state index in [4.69, 9.17) is 14.6 Å². The SMILES string of the molecule is O=C(OCCOCCOCCO)C(F)(F)S(=O)(=O)[O-]. The molecule has 0 aliphatic rings. The van der Waals surface area contributed by atoms with Crippen LogP contribution in [-0.2, 0) is 29.1 Å². The predicted octanol–water partition coefficient (Wildman–Crippen LogP) is -1.31. The summed E-state index contributed by atoms with van der Waals surface area (Å²) in [5.41, 5.74) is 0. The van der Waals surface area contributed by atoms with Crippen LogP contribution < -0.4 is 0 Å². The summed E-state index contributed by atoms with van der Waals surface area (Å²) >= 11 is 0. The fraction of sp³-hybridized carbons (Fsp3) is 0.875. The van der Waals surface area contributed by atoms with Gasteiger partial charge in [0.2, 0.25) is 0 Å². The molecule has 0 atom stereocenters. The van der Waals surface area contributed by atoms with Gasteiger partial charge in [0, 0.05) is 0 Å². The second-order valence-electron chi connectivity index (χ2n) is 3.06. The standard InChI is InChI=1S/C8H14F2O8S/c9-8(10,19(13,14)15)7(12)18-6-5-17-4-3-16-2-1-11/h11H,1-6H2,(H,13,14,15)/p-1. The molecule has 8 nitrogen and oxygen atoms in total. The van der Waals surface area contributed by atoms with Crippen molar-refractivity contribution in [3.63, 3.8) is 0 Å². The zero-order chi connectivity index (χ0) is 14.9. The number of esters is 1. The van der Waals surface area contributed by atoms with Gasteiger partial charge in [-0.25, -0.2) is 13.2 Å². The van der Waals surface area contributed by atoms with Crippen molar-refractivity contribution in [3.05, 3.63) is 0 Å². The number of ether oxygens (including phenoxy) is 3. The Labute approximate surface area is 108 Å². The van der Waals surface area contributed by atoms with Crippen molar-refractivity contribution in [2.45, 2.75) is 5.25 Å². The lowest BCUT2D eigenvalue weighted by atomic mass is 10.6. The number of aliphatic hydroxyl groups excluding tert-OH is 1. The first kappa shape index (κ1) is 18.1. The van der Waals surface area contributed by atoms with Crippen LogP contribution in [0.4, 0.5) is 8.78 Å². The normalized spacial score (nSPS) is 12.4. The van der Waals surface area contributed by atoms with Crippen LogP contribution in [0.1, 0.15) is 0 Å². The fourth-order valence-corrected chi connectivity index (χ4v) is 1.03. The summed E-state index contributed by atoms with van der Waals surface area (Å²) in [5, 5.41) is 3.23. The van der Waals surface area contributed by atoms with E-state index in [9.17, 15) is 26.5 Å².